The van der Waals surface area contributed by atoms with E-state index in [1.807, 2.05) is 27.7 Å². The normalized spacial score (nSPS) is 12.6. The van der Waals surface area contributed by atoms with Crippen molar-refractivity contribution in [2.24, 2.45) is 0 Å². The summed E-state index contributed by atoms with van der Waals surface area (Å²) in [5.74, 6) is 0. The highest BCUT2D eigenvalue weighted by molar-refractivity contribution is 7.39. The minimum Gasteiger partial charge on any atom is -0.830 e. The van der Waals surface area contributed by atoms with Gasteiger partial charge in [-0.2, -0.15) is 0 Å². The van der Waals surface area contributed by atoms with Crippen LogP contribution in [0.2, 0.25) is 0 Å². The molecule has 0 amide bonds. The second kappa shape index (κ2) is 4.24. The molecule has 0 radical (unpaired) electrons. The minimum absolute atomic E-state index is 0.0705. The summed E-state index contributed by atoms with van der Waals surface area (Å²) < 4.78 is 1.45. The smallest absolute Gasteiger partial charge is 0.00544 e. The second-order valence-electron chi connectivity index (χ2n) is 2.81. The third-order valence-electron chi connectivity index (χ3n) is 1.25. The largest absolute Gasteiger partial charge is 0.830 e. The number of hydrogen-bond donors (Lipinski definition) is 0. The van der Waals surface area contributed by atoms with Crippen molar-refractivity contribution in [1.29, 1.82) is 0 Å². The molecule has 0 aliphatic carbocycles. The van der Waals surface area contributed by atoms with Crippen LogP contribution in [-0.4, -0.2) is 16.8 Å². The van der Waals surface area contributed by atoms with Crippen LogP contribution in [-0.2, 0) is 0 Å². The summed E-state index contributed by atoms with van der Waals surface area (Å²) in [6, 6.07) is 0.141. The van der Waals surface area contributed by atoms with Crippen LogP contribution in [0, 0.1) is 0 Å². The van der Waals surface area contributed by atoms with E-state index in [-0.39, 0.29) is 12.1 Å². The zero-order chi connectivity index (χ0) is 8.31. The monoisotopic (exact) mass is 163 g/mol. The zero-order valence-corrected chi connectivity index (χ0v) is 7.76. The molecule has 3 nitrogen and oxygen atoms in total. The number of rotatable bonds is 3. The summed E-state index contributed by atoms with van der Waals surface area (Å²) in [4.78, 5) is 21.1. The number of hydrogen-bond acceptors (Lipinski definition) is 3. The molecule has 4 heteroatoms. The first-order valence-corrected chi connectivity index (χ1v) is 4.52. The Morgan fingerprint density at radius 3 is 1.30 bits per heavy atom. The molecule has 0 rings (SSSR count). The van der Waals surface area contributed by atoms with E-state index < -0.39 is 8.53 Å². The summed E-state index contributed by atoms with van der Waals surface area (Å²) in [5.41, 5.74) is 0. The SMILES string of the molecule is CC(C)N(C(C)C)P([O-])[O-]. The molecule has 0 bridgehead atoms. The van der Waals surface area contributed by atoms with E-state index in [1.165, 1.54) is 4.67 Å². The van der Waals surface area contributed by atoms with Crippen molar-refractivity contribution < 1.29 is 9.79 Å². The zero-order valence-electron chi connectivity index (χ0n) is 6.87. The molecule has 0 spiro atoms. The van der Waals surface area contributed by atoms with Crippen LogP contribution in [0.4, 0.5) is 0 Å². The first kappa shape index (κ1) is 10.3. The molecule has 0 unspecified atom stereocenters. The highest BCUT2D eigenvalue weighted by Gasteiger charge is 2.08. The highest BCUT2D eigenvalue weighted by Crippen LogP contribution is 2.25. The minimum atomic E-state index is -2.41. The molecule has 0 aromatic heterocycles. The Hall–Kier alpha value is 0.310. The van der Waals surface area contributed by atoms with Crippen molar-refractivity contribution in [3.63, 3.8) is 0 Å². The van der Waals surface area contributed by atoms with Crippen LogP contribution in [0.25, 0.3) is 0 Å². The van der Waals surface area contributed by atoms with Crippen LogP contribution < -0.4 is 9.79 Å². The Labute approximate surface area is 63.6 Å². The van der Waals surface area contributed by atoms with Gasteiger partial charge in [-0.15, -0.1) is 0 Å². The first-order valence-electron chi connectivity index (χ1n) is 3.39. The van der Waals surface area contributed by atoms with E-state index in [9.17, 15) is 9.79 Å². The summed E-state index contributed by atoms with van der Waals surface area (Å²) in [6.07, 6.45) is 0. The average molecular weight is 163 g/mol. The van der Waals surface area contributed by atoms with Gasteiger partial charge in [-0.25, -0.2) is 8.53 Å². The van der Waals surface area contributed by atoms with Crippen LogP contribution in [0.15, 0.2) is 0 Å². The molecule has 0 saturated carbocycles. The molecule has 0 fully saturated rings. The van der Waals surface area contributed by atoms with E-state index >= 15 is 0 Å². The molecule has 0 aliphatic heterocycles. The van der Waals surface area contributed by atoms with Crippen molar-refractivity contribution in [3.8, 4) is 0 Å². The molecule has 0 aliphatic rings. The quantitative estimate of drug-likeness (QED) is 0.552. The van der Waals surface area contributed by atoms with Gasteiger partial charge in [0.2, 0.25) is 0 Å². The van der Waals surface area contributed by atoms with E-state index in [0.717, 1.165) is 0 Å². The van der Waals surface area contributed by atoms with Gasteiger partial charge < -0.3 is 14.5 Å². The third-order valence-corrected chi connectivity index (χ3v) is 2.55. The Balaban J connectivity index is 3.98. The Morgan fingerprint density at radius 1 is 1.00 bits per heavy atom. The second-order valence-corrected chi connectivity index (χ2v) is 3.74. The van der Waals surface area contributed by atoms with Gasteiger partial charge in [0.15, 0.2) is 0 Å². The lowest BCUT2D eigenvalue weighted by Crippen LogP contribution is -2.39. The summed E-state index contributed by atoms with van der Waals surface area (Å²) in [7, 11) is -2.41. The predicted octanol–water partition coefficient (Wildman–Crippen LogP) is 0.0527. The molecule has 10 heavy (non-hydrogen) atoms. The van der Waals surface area contributed by atoms with Gasteiger partial charge >= 0.3 is 0 Å². The van der Waals surface area contributed by atoms with Crippen molar-refractivity contribution in [1.82, 2.24) is 4.67 Å². The van der Waals surface area contributed by atoms with Crippen molar-refractivity contribution in [2.45, 2.75) is 39.8 Å². The molecule has 0 saturated heterocycles. The topological polar surface area (TPSA) is 49.4 Å². The lowest BCUT2D eigenvalue weighted by atomic mass is 10.3. The molecule has 62 valence electrons. The summed E-state index contributed by atoms with van der Waals surface area (Å²) >= 11 is 0. The van der Waals surface area contributed by atoms with Gasteiger partial charge in [0.1, 0.15) is 0 Å². The molecule has 0 aromatic rings. The molecular weight excluding hydrogens is 149 g/mol. The van der Waals surface area contributed by atoms with E-state index in [1.54, 1.807) is 0 Å². The fourth-order valence-electron chi connectivity index (χ4n) is 0.973. The maximum Gasteiger partial charge on any atom is 0.00544 e. The van der Waals surface area contributed by atoms with Gasteiger partial charge in [-0.3, -0.25) is 0 Å². The average Bonchev–Trinajstić information content (AvgIpc) is 1.59. The van der Waals surface area contributed by atoms with E-state index in [2.05, 4.69) is 0 Å². The molecule has 0 heterocycles. The van der Waals surface area contributed by atoms with Gasteiger partial charge in [0.05, 0.1) is 0 Å². The van der Waals surface area contributed by atoms with Crippen molar-refractivity contribution in [3.05, 3.63) is 0 Å². The Kier molecular flexibility index (Phi) is 4.37. The molecule has 0 N–H and O–H groups in total. The van der Waals surface area contributed by atoms with Crippen LogP contribution in [0.5, 0.6) is 0 Å². The maximum atomic E-state index is 10.5. The van der Waals surface area contributed by atoms with Crippen molar-refractivity contribution >= 4 is 8.53 Å². The predicted molar refractivity (Wildman–Crippen MR) is 39.0 cm³/mol. The standard InChI is InChI=1S/C6H14NO2P/c1-5(2)7(6(3)4)10(8)9/h5-6H,1-4H3/q-2. The molecule has 0 aromatic carbocycles. The van der Waals surface area contributed by atoms with E-state index in [4.69, 9.17) is 0 Å². The summed E-state index contributed by atoms with van der Waals surface area (Å²) in [5, 5.41) is 0. The third kappa shape index (κ3) is 2.93. The van der Waals surface area contributed by atoms with Gasteiger partial charge in [0.25, 0.3) is 0 Å². The fourth-order valence-corrected chi connectivity index (χ4v) is 1.73. The fraction of sp³-hybridized carbons (Fsp3) is 1.00. The first-order chi connectivity index (χ1) is 4.46. The maximum absolute atomic E-state index is 10.5. The molecule has 0 atom stereocenters. The van der Waals surface area contributed by atoms with Crippen LogP contribution >= 0.6 is 8.53 Å². The van der Waals surface area contributed by atoms with Gasteiger partial charge in [0, 0.05) is 12.1 Å². The van der Waals surface area contributed by atoms with E-state index in [0.29, 0.717) is 0 Å². The van der Waals surface area contributed by atoms with Crippen molar-refractivity contribution in [2.75, 3.05) is 0 Å². The lowest BCUT2D eigenvalue weighted by Gasteiger charge is -2.48. The van der Waals surface area contributed by atoms with Crippen LogP contribution in [0.1, 0.15) is 27.7 Å². The van der Waals surface area contributed by atoms with Gasteiger partial charge in [-0.05, 0) is 27.7 Å². The lowest BCUT2D eigenvalue weighted by molar-refractivity contribution is -0.309. The van der Waals surface area contributed by atoms with Gasteiger partial charge in [-0.1, -0.05) is 0 Å². The summed E-state index contributed by atoms with van der Waals surface area (Å²) in [6.45, 7) is 7.46. The number of nitrogens with zero attached hydrogens (tertiary/aromatic N) is 1. The Morgan fingerprint density at radius 2 is 1.30 bits per heavy atom. The highest BCUT2D eigenvalue weighted by atomic mass is 31.2. The Bertz CT molecular complexity index is 76.7. The van der Waals surface area contributed by atoms with Crippen LogP contribution in [0.3, 0.4) is 0 Å². The molecular formula is C6H14NO2P-2.